The Kier molecular flexibility index (Phi) is 4.26. The van der Waals surface area contributed by atoms with E-state index in [0.29, 0.717) is 12.1 Å². The maximum atomic E-state index is 6.14. The van der Waals surface area contributed by atoms with E-state index >= 15 is 0 Å². The van der Waals surface area contributed by atoms with Crippen LogP contribution in [0.3, 0.4) is 0 Å². The highest BCUT2D eigenvalue weighted by molar-refractivity contribution is 5.38. The average Bonchev–Trinajstić information content (AvgIpc) is 2.62. The molecule has 0 bridgehead atoms. The van der Waals surface area contributed by atoms with Crippen LogP contribution in [0.1, 0.15) is 70.9 Å². The van der Waals surface area contributed by atoms with Crippen LogP contribution >= 0.6 is 0 Å². The van der Waals surface area contributed by atoms with Gasteiger partial charge in [-0.05, 0) is 45.1 Å². The molecule has 1 aliphatic carbocycles. The smallest absolute Gasteiger partial charge is 0.124 e. The molecule has 116 valence electrons. The van der Waals surface area contributed by atoms with Crippen LogP contribution in [0.15, 0.2) is 24.3 Å². The van der Waals surface area contributed by atoms with E-state index in [2.05, 4.69) is 50.4 Å². The third kappa shape index (κ3) is 3.60. The maximum absolute atomic E-state index is 6.14. The molecular weight excluding hydrogens is 258 g/mol. The highest BCUT2D eigenvalue weighted by Crippen LogP contribution is 2.40. The van der Waals surface area contributed by atoms with E-state index in [1.54, 1.807) is 0 Å². The SMILES string of the molecule is CC1CCCC(NC2CC(C)(C)Oc3ccccc32)CC1. The number of nitrogens with one attached hydrogen (secondary N) is 1. The molecule has 3 rings (SSSR count). The molecule has 21 heavy (non-hydrogen) atoms. The van der Waals surface area contributed by atoms with E-state index in [9.17, 15) is 0 Å². The topological polar surface area (TPSA) is 21.3 Å². The lowest BCUT2D eigenvalue weighted by Gasteiger charge is -2.39. The molecule has 1 fully saturated rings. The molecule has 2 heteroatoms. The Morgan fingerprint density at radius 3 is 2.76 bits per heavy atom. The second-order valence-corrected chi connectivity index (χ2v) is 7.63. The lowest BCUT2D eigenvalue weighted by molar-refractivity contribution is 0.0631. The molecule has 0 saturated heterocycles. The molecule has 1 aromatic carbocycles. The van der Waals surface area contributed by atoms with E-state index in [-0.39, 0.29) is 5.60 Å². The lowest BCUT2D eigenvalue weighted by Crippen LogP contribution is -2.42. The minimum absolute atomic E-state index is 0.0793. The van der Waals surface area contributed by atoms with E-state index in [1.165, 1.54) is 37.7 Å². The molecule has 1 aromatic rings. The predicted molar refractivity (Wildman–Crippen MR) is 87.7 cm³/mol. The molecule has 3 atom stereocenters. The van der Waals surface area contributed by atoms with Crippen LogP contribution in [-0.2, 0) is 0 Å². The van der Waals surface area contributed by atoms with Crippen LogP contribution in [0.5, 0.6) is 5.75 Å². The second-order valence-electron chi connectivity index (χ2n) is 7.63. The molecule has 0 radical (unpaired) electrons. The number of benzene rings is 1. The summed E-state index contributed by atoms with van der Waals surface area (Å²) >= 11 is 0. The molecule has 0 aromatic heterocycles. The standard InChI is InChI=1S/C19H29NO/c1-14-7-6-8-15(12-11-14)20-17-13-19(2,3)21-18-10-5-4-9-16(17)18/h4-5,9-10,14-15,17,20H,6-8,11-13H2,1-3H3. The first-order valence-corrected chi connectivity index (χ1v) is 8.57. The van der Waals surface area contributed by atoms with Crippen molar-refractivity contribution in [2.24, 2.45) is 5.92 Å². The fourth-order valence-electron chi connectivity index (χ4n) is 3.89. The van der Waals surface area contributed by atoms with Crippen LogP contribution in [0.2, 0.25) is 0 Å². The zero-order valence-electron chi connectivity index (χ0n) is 13.7. The Morgan fingerprint density at radius 2 is 1.90 bits per heavy atom. The van der Waals surface area contributed by atoms with Gasteiger partial charge in [0.25, 0.3) is 0 Å². The van der Waals surface area contributed by atoms with Gasteiger partial charge in [-0.2, -0.15) is 0 Å². The number of hydrogen-bond acceptors (Lipinski definition) is 2. The van der Waals surface area contributed by atoms with E-state index in [1.807, 2.05) is 0 Å². The molecule has 1 aliphatic heterocycles. The highest BCUT2D eigenvalue weighted by atomic mass is 16.5. The quantitative estimate of drug-likeness (QED) is 0.785. The summed E-state index contributed by atoms with van der Waals surface area (Å²) in [5, 5.41) is 3.95. The van der Waals surface area contributed by atoms with Crippen molar-refractivity contribution in [3.63, 3.8) is 0 Å². The van der Waals surface area contributed by atoms with Gasteiger partial charge in [-0.1, -0.05) is 38.0 Å². The fraction of sp³-hybridized carbons (Fsp3) is 0.684. The summed E-state index contributed by atoms with van der Waals surface area (Å²) < 4.78 is 6.14. The zero-order valence-corrected chi connectivity index (χ0v) is 13.7. The minimum Gasteiger partial charge on any atom is -0.487 e. The number of ether oxygens (including phenoxy) is 1. The Morgan fingerprint density at radius 1 is 1.10 bits per heavy atom. The molecule has 0 spiro atoms. The van der Waals surface area contributed by atoms with Crippen molar-refractivity contribution in [1.29, 1.82) is 0 Å². The minimum atomic E-state index is -0.0793. The maximum Gasteiger partial charge on any atom is 0.124 e. The summed E-state index contributed by atoms with van der Waals surface area (Å²) in [6, 6.07) is 9.64. The summed E-state index contributed by atoms with van der Waals surface area (Å²) in [6.07, 6.45) is 7.83. The molecular formula is C19H29NO. The van der Waals surface area contributed by atoms with Crippen LogP contribution in [0, 0.1) is 5.92 Å². The van der Waals surface area contributed by atoms with Gasteiger partial charge >= 0.3 is 0 Å². The van der Waals surface area contributed by atoms with E-state index in [4.69, 9.17) is 4.74 Å². The van der Waals surface area contributed by atoms with Gasteiger partial charge in [0.05, 0.1) is 0 Å². The van der Waals surface area contributed by atoms with Crippen molar-refractivity contribution in [2.45, 2.75) is 77.0 Å². The van der Waals surface area contributed by atoms with E-state index in [0.717, 1.165) is 18.1 Å². The van der Waals surface area contributed by atoms with Crippen molar-refractivity contribution in [3.05, 3.63) is 29.8 Å². The van der Waals surface area contributed by atoms with Crippen molar-refractivity contribution < 1.29 is 4.74 Å². The number of fused-ring (bicyclic) bond motifs is 1. The van der Waals surface area contributed by atoms with Gasteiger partial charge < -0.3 is 10.1 Å². The van der Waals surface area contributed by atoms with Crippen LogP contribution in [0.25, 0.3) is 0 Å². The highest BCUT2D eigenvalue weighted by Gasteiger charge is 2.34. The summed E-state index contributed by atoms with van der Waals surface area (Å²) in [7, 11) is 0. The summed E-state index contributed by atoms with van der Waals surface area (Å²) in [4.78, 5) is 0. The molecule has 2 nitrogen and oxygen atoms in total. The summed E-state index contributed by atoms with van der Waals surface area (Å²) in [5.41, 5.74) is 1.26. The van der Waals surface area contributed by atoms with Gasteiger partial charge in [0.15, 0.2) is 0 Å². The van der Waals surface area contributed by atoms with Crippen molar-refractivity contribution in [2.75, 3.05) is 0 Å². The van der Waals surface area contributed by atoms with Gasteiger partial charge in [-0.3, -0.25) is 0 Å². The molecule has 1 heterocycles. The van der Waals surface area contributed by atoms with Crippen molar-refractivity contribution >= 4 is 0 Å². The Labute approximate surface area is 129 Å². The Balaban J connectivity index is 1.75. The van der Waals surface area contributed by atoms with Gasteiger partial charge in [-0.25, -0.2) is 0 Å². The van der Waals surface area contributed by atoms with Crippen LogP contribution < -0.4 is 10.1 Å². The van der Waals surface area contributed by atoms with E-state index < -0.39 is 0 Å². The van der Waals surface area contributed by atoms with Crippen LogP contribution in [0.4, 0.5) is 0 Å². The van der Waals surface area contributed by atoms with Crippen molar-refractivity contribution in [3.8, 4) is 5.75 Å². The normalized spacial score (nSPS) is 31.9. The predicted octanol–water partition coefficient (Wildman–Crippen LogP) is 4.85. The first-order valence-electron chi connectivity index (χ1n) is 8.57. The third-order valence-electron chi connectivity index (χ3n) is 5.07. The number of hydrogen-bond donors (Lipinski definition) is 1. The first-order chi connectivity index (χ1) is 10.0. The van der Waals surface area contributed by atoms with Crippen LogP contribution in [-0.4, -0.2) is 11.6 Å². The van der Waals surface area contributed by atoms with Crippen molar-refractivity contribution in [1.82, 2.24) is 5.32 Å². The molecule has 2 aliphatic rings. The average molecular weight is 287 g/mol. The summed E-state index contributed by atoms with van der Waals surface area (Å²) in [6.45, 7) is 6.80. The monoisotopic (exact) mass is 287 g/mol. The zero-order chi connectivity index (χ0) is 14.9. The number of rotatable bonds is 2. The second kappa shape index (κ2) is 6.00. The lowest BCUT2D eigenvalue weighted by atomic mass is 9.88. The van der Waals surface area contributed by atoms with Gasteiger partial charge in [0.1, 0.15) is 11.4 Å². The molecule has 1 saturated carbocycles. The van der Waals surface area contributed by atoms with Gasteiger partial charge in [0.2, 0.25) is 0 Å². The fourth-order valence-corrected chi connectivity index (χ4v) is 3.89. The third-order valence-corrected chi connectivity index (χ3v) is 5.07. The summed E-state index contributed by atoms with van der Waals surface area (Å²) in [5.74, 6) is 1.96. The van der Waals surface area contributed by atoms with Gasteiger partial charge in [-0.15, -0.1) is 0 Å². The molecule has 1 N–H and O–H groups in total. The number of para-hydroxylation sites is 1. The first kappa shape index (κ1) is 14.9. The Bertz CT molecular complexity index is 482. The molecule has 3 unspecified atom stereocenters. The Hall–Kier alpha value is -1.02. The molecule has 0 amide bonds. The van der Waals surface area contributed by atoms with Gasteiger partial charge in [0, 0.05) is 24.1 Å². The largest absolute Gasteiger partial charge is 0.487 e.